The fourth-order valence-corrected chi connectivity index (χ4v) is 1.99. The van der Waals surface area contributed by atoms with Crippen molar-refractivity contribution >= 4 is 11.8 Å². The summed E-state index contributed by atoms with van der Waals surface area (Å²) in [6.45, 7) is 5.64. The zero-order chi connectivity index (χ0) is 15.1. The Morgan fingerprint density at radius 3 is 2.16 bits per heavy atom. The lowest BCUT2D eigenvalue weighted by molar-refractivity contribution is -0.168. The molecule has 1 unspecified atom stereocenters. The zero-order valence-corrected chi connectivity index (χ0v) is 11.5. The van der Waals surface area contributed by atoms with Gasteiger partial charge in [-0.2, -0.15) is 13.2 Å². The summed E-state index contributed by atoms with van der Waals surface area (Å²) in [5, 5.41) is 2.60. The number of hydrogen-bond acceptors (Lipinski definition) is 2. The summed E-state index contributed by atoms with van der Waals surface area (Å²) >= 11 is 0. The summed E-state index contributed by atoms with van der Waals surface area (Å²) in [5.74, 6) is -0.900. The summed E-state index contributed by atoms with van der Waals surface area (Å²) in [5.41, 5.74) is -2.39. The molecular formula is C12H19F3N2O2. The van der Waals surface area contributed by atoms with Crippen LogP contribution in [0.5, 0.6) is 0 Å². The first kappa shape index (κ1) is 15.8. The third-order valence-corrected chi connectivity index (χ3v) is 3.66. The first-order valence-corrected chi connectivity index (χ1v) is 6.15. The van der Waals surface area contributed by atoms with Crippen molar-refractivity contribution in [2.24, 2.45) is 0 Å². The van der Waals surface area contributed by atoms with E-state index in [1.165, 1.54) is 20.8 Å². The Hall–Kier alpha value is -1.27. The van der Waals surface area contributed by atoms with E-state index in [0.717, 1.165) is 4.90 Å². The fraction of sp³-hybridized carbons (Fsp3) is 0.833. The average Bonchev–Trinajstić information content (AvgIpc) is 2.25. The van der Waals surface area contributed by atoms with Gasteiger partial charge in [-0.25, -0.2) is 0 Å². The van der Waals surface area contributed by atoms with Crippen molar-refractivity contribution in [3.05, 3.63) is 0 Å². The summed E-state index contributed by atoms with van der Waals surface area (Å²) in [4.78, 5) is 25.3. The van der Waals surface area contributed by atoms with Crippen LogP contribution in [0.2, 0.25) is 0 Å². The molecule has 1 rings (SSSR count). The van der Waals surface area contributed by atoms with Gasteiger partial charge < -0.3 is 10.2 Å². The molecule has 2 amide bonds. The maximum absolute atomic E-state index is 12.3. The molecule has 0 spiro atoms. The van der Waals surface area contributed by atoms with E-state index in [4.69, 9.17) is 0 Å². The van der Waals surface area contributed by atoms with E-state index in [1.807, 2.05) is 0 Å². The molecule has 110 valence electrons. The molecule has 19 heavy (non-hydrogen) atoms. The molecule has 0 aliphatic carbocycles. The smallest absolute Gasteiger partial charge is 0.340 e. The molecule has 1 aliphatic rings. The topological polar surface area (TPSA) is 49.4 Å². The van der Waals surface area contributed by atoms with Crippen molar-refractivity contribution in [1.29, 1.82) is 0 Å². The lowest BCUT2D eigenvalue weighted by Gasteiger charge is -2.48. The SMILES string of the molecule is CCC1(C)NC(=O)C(C)(C)N(CCC(F)(F)F)C1=O. The first-order chi connectivity index (χ1) is 8.44. The lowest BCUT2D eigenvalue weighted by Crippen LogP contribution is -2.73. The number of carbonyl (C=O) groups is 2. The number of nitrogens with one attached hydrogen (secondary N) is 1. The molecule has 1 fully saturated rings. The zero-order valence-electron chi connectivity index (χ0n) is 11.5. The predicted molar refractivity (Wildman–Crippen MR) is 63.3 cm³/mol. The number of amides is 2. The van der Waals surface area contributed by atoms with Crippen LogP contribution in [0, 0.1) is 0 Å². The standard InChI is InChI=1S/C12H19F3N2O2/c1-5-11(4)9(19)17(7-6-12(13,14)15)10(2,3)8(18)16-11/h5-7H2,1-4H3,(H,16,18). The Morgan fingerprint density at radius 1 is 1.21 bits per heavy atom. The number of piperazine rings is 1. The van der Waals surface area contributed by atoms with Gasteiger partial charge in [0.2, 0.25) is 11.8 Å². The number of nitrogens with zero attached hydrogens (tertiary/aromatic N) is 1. The third-order valence-electron chi connectivity index (χ3n) is 3.66. The summed E-state index contributed by atoms with van der Waals surface area (Å²) in [7, 11) is 0. The van der Waals surface area contributed by atoms with Crippen molar-refractivity contribution in [3.63, 3.8) is 0 Å². The van der Waals surface area contributed by atoms with Crippen LogP contribution in [0.3, 0.4) is 0 Å². The minimum Gasteiger partial charge on any atom is -0.340 e. The van der Waals surface area contributed by atoms with E-state index in [9.17, 15) is 22.8 Å². The molecular weight excluding hydrogens is 261 g/mol. The number of hydrogen-bond donors (Lipinski definition) is 1. The summed E-state index contributed by atoms with van der Waals surface area (Å²) in [6, 6.07) is 0. The maximum Gasteiger partial charge on any atom is 0.390 e. The molecule has 0 aromatic heterocycles. The van der Waals surface area contributed by atoms with Gasteiger partial charge in [-0.1, -0.05) is 6.92 Å². The van der Waals surface area contributed by atoms with Gasteiger partial charge >= 0.3 is 6.18 Å². The first-order valence-electron chi connectivity index (χ1n) is 6.15. The predicted octanol–water partition coefficient (Wildman–Crippen LogP) is 1.84. The van der Waals surface area contributed by atoms with E-state index in [1.54, 1.807) is 6.92 Å². The third kappa shape index (κ3) is 3.01. The molecule has 0 saturated carbocycles. The van der Waals surface area contributed by atoms with Crippen LogP contribution in [0.15, 0.2) is 0 Å². The highest BCUT2D eigenvalue weighted by Crippen LogP contribution is 2.30. The largest absolute Gasteiger partial charge is 0.390 e. The molecule has 0 aromatic rings. The van der Waals surface area contributed by atoms with Crippen molar-refractivity contribution in [3.8, 4) is 0 Å². The van der Waals surface area contributed by atoms with Gasteiger partial charge in [0.25, 0.3) is 0 Å². The minimum absolute atomic E-state index is 0.330. The molecule has 1 atom stereocenters. The normalized spacial score (nSPS) is 27.4. The fourth-order valence-electron chi connectivity index (χ4n) is 1.99. The summed E-state index contributed by atoms with van der Waals surface area (Å²) < 4.78 is 37.0. The van der Waals surface area contributed by atoms with Crippen LogP contribution in [0.25, 0.3) is 0 Å². The average molecular weight is 280 g/mol. The molecule has 0 radical (unpaired) electrons. The van der Waals surface area contributed by atoms with Gasteiger partial charge in [0.05, 0.1) is 6.42 Å². The van der Waals surface area contributed by atoms with Crippen LogP contribution in [0.1, 0.15) is 40.5 Å². The van der Waals surface area contributed by atoms with Gasteiger partial charge in [0.15, 0.2) is 0 Å². The Balaban J connectivity index is 3.01. The molecule has 1 heterocycles. The van der Waals surface area contributed by atoms with E-state index in [2.05, 4.69) is 5.32 Å². The van der Waals surface area contributed by atoms with Crippen molar-refractivity contribution in [2.45, 2.75) is 57.8 Å². The van der Waals surface area contributed by atoms with E-state index in [-0.39, 0.29) is 0 Å². The Labute approximate surface area is 110 Å². The highest BCUT2D eigenvalue weighted by molar-refractivity contribution is 6.01. The van der Waals surface area contributed by atoms with Crippen LogP contribution >= 0.6 is 0 Å². The highest BCUT2D eigenvalue weighted by Gasteiger charge is 2.51. The van der Waals surface area contributed by atoms with Crippen molar-refractivity contribution in [1.82, 2.24) is 10.2 Å². The lowest BCUT2D eigenvalue weighted by atomic mass is 9.86. The maximum atomic E-state index is 12.3. The molecule has 1 saturated heterocycles. The van der Waals surface area contributed by atoms with E-state index < -0.39 is 42.0 Å². The van der Waals surface area contributed by atoms with Crippen LogP contribution in [-0.4, -0.2) is 40.5 Å². The Bertz CT molecular complexity index is 393. The number of carbonyl (C=O) groups excluding carboxylic acids is 2. The van der Waals surface area contributed by atoms with Crippen LogP contribution in [-0.2, 0) is 9.59 Å². The Kier molecular flexibility index (Phi) is 3.89. The number of rotatable bonds is 3. The monoisotopic (exact) mass is 280 g/mol. The van der Waals surface area contributed by atoms with Crippen molar-refractivity contribution < 1.29 is 22.8 Å². The molecule has 4 nitrogen and oxygen atoms in total. The molecule has 0 aromatic carbocycles. The summed E-state index contributed by atoms with van der Waals surface area (Å²) in [6.07, 6.45) is -5.14. The molecule has 1 aliphatic heterocycles. The quantitative estimate of drug-likeness (QED) is 0.857. The number of alkyl halides is 3. The second-order valence-electron chi connectivity index (χ2n) is 5.52. The minimum atomic E-state index is -4.35. The molecule has 1 N–H and O–H groups in total. The second-order valence-corrected chi connectivity index (χ2v) is 5.52. The van der Waals surface area contributed by atoms with Crippen LogP contribution < -0.4 is 5.32 Å². The Morgan fingerprint density at radius 2 is 1.74 bits per heavy atom. The van der Waals surface area contributed by atoms with E-state index >= 15 is 0 Å². The van der Waals surface area contributed by atoms with E-state index in [0.29, 0.717) is 6.42 Å². The van der Waals surface area contributed by atoms with Gasteiger partial charge in [-0.15, -0.1) is 0 Å². The van der Waals surface area contributed by atoms with Gasteiger partial charge in [-0.05, 0) is 27.2 Å². The van der Waals surface area contributed by atoms with Gasteiger partial charge in [0.1, 0.15) is 11.1 Å². The van der Waals surface area contributed by atoms with Crippen molar-refractivity contribution in [2.75, 3.05) is 6.54 Å². The van der Waals surface area contributed by atoms with Gasteiger partial charge in [0, 0.05) is 6.54 Å². The van der Waals surface area contributed by atoms with Gasteiger partial charge in [-0.3, -0.25) is 9.59 Å². The second kappa shape index (κ2) is 4.68. The molecule has 0 bridgehead atoms. The molecule has 7 heteroatoms. The van der Waals surface area contributed by atoms with Crippen LogP contribution in [0.4, 0.5) is 13.2 Å². The number of halogens is 3. The highest BCUT2D eigenvalue weighted by atomic mass is 19.4.